The van der Waals surface area contributed by atoms with Crippen molar-refractivity contribution in [2.24, 2.45) is 0 Å². The van der Waals surface area contributed by atoms with Gasteiger partial charge in [-0.05, 0) is 36.8 Å². The molecule has 0 saturated heterocycles. The van der Waals surface area contributed by atoms with Gasteiger partial charge in [0.25, 0.3) is 5.91 Å². The first-order valence-electron chi connectivity index (χ1n) is 6.56. The summed E-state index contributed by atoms with van der Waals surface area (Å²) in [6.07, 6.45) is 0.891. The van der Waals surface area contributed by atoms with E-state index in [0.717, 1.165) is 6.42 Å². The molecule has 0 aliphatic heterocycles. The van der Waals surface area contributed by atoms with Crippen molar-refractivity contribution in [3.63, 3.8) is 0 Å². The van der Waals surface area contributed by atoms with Gasteiger partial charge in [-0.15, -0.1) is 0 Å². The summed E-state index contributed by atoms with van der Waals surface area (Å²) in [7, 11) is 0. The lowest BCUT2D eigenvalue weighted by Gasteiger charge is -2.10. The molecule has 0 radical (unpaired) electrons. The number of carbonyl (C=O) groups is 1. The molecule has 0 unspecified atom stereocenters. The van der Waals surface area contributed by atoms with Crippen molar-refractivity contribution in [2.75, 3.05) is 17.7 Å². The maximum atomic E-state index is 12.1. The topological polar surface area (TPSA) is 77.2 Å². The Morgan fingerprint density at radius 3 is 2.86 bits per heavy atom. The molecule has 6 heteroatoms. The average molecular weight is 306 g/mol. The zero-order valence-electron chi connectivity index (χ0n) is 11.6. The normalized spacial score (nSPS) is 10.2. The summed E-state index contributed by atoms with van der Waals surface area (Å²) in [5, 5.41) is 2.97. The van der Waals surface area contributed by atoms with Crippen LogP contribution >= 0.6 is 11.6 Å². The molecule has 0 saturated carbocycles. The van der Waals surface area contributed by atoms with Crippen LogP contribution in [0.2, 0.25) is 5.15 Å². The molecule has 0 atom stereocenters. The largest absolute Gasteiger partial charge is 0.491 e. The third-order valence-electron chi connectivity index (χ3n) is 2.69. The molecule has 21 heavy (non-hydrogen) atoms. The quantitative estimate of drug-likeness (QED) is 0.656. The molecule has 1 amide bonds. The lowest BCUT2D eigenvalue weighted by molar-refractivity contribution is 0.102. The summed E-state index contributed by atoms with van der Waals surface area (Å²) in [5.74, 6) is 0.658. The van der Waals surface area contributed by atoms with Gasteiger partial charge >= 0.3 is 0 Å². The van der Waals surface area contributed by atoms with E-state index in [2.05, 4.69) is 10.3 Å². The van der Waals surface area contributed by atoms with Gasteiger partial charge in [0.05, 0.1) is 12.3 Å². The highest BCUT2D eigenvalue weighted by atomic mass is 35.5. The highest BCUT2D eigenvalue weighted by molar-refractivity contribution is 6.29. The number of aromatic nitrogens is 1. The zero-order valence-corrected chi connectivity index (χ0v) is 12.4. The molecule has 3 N–H and O–H groups in total. The van der Waals surface area contributed by atoms with Gasteiger partial charge in [0.15, 0.2) is 0 Å². The minimum atomic E-state index is -0.307. The fourth-order valence-corrected chi connectivity index (χ4v) is 1.86. The number of benzene rings is 1. The standard InChI is InChI=1S/C15H16ClN3O2/c1-2-8-21-12-7-6-10(9-11(12)17)15(20)19-14-5-3-4-13(16)18-14/h3-7,9H,2,8,17H2,1H3,(H,18,19,20). The first-order valence-corrected chi connectivity index (χ1v) is 6.94. The fraction of sp³-hybridized carbons (Fsp3) is 0.200. The van der Waals surface area contributed by atoms with Gasteiger partial charge in [-0.2, -0.15) is 0 Å². The second kappa shape index (κ2) is 6.95. The molecule has 5 nitrogen and oxygen atoms in total. The maximum Gasteiger partial charge on any atom is 0.256 e. The number of amides is 1. The minimum Gasteiger partial charge on any atom is -0.491 e. The molecule has 2 rings (SSSR count). The van der Waals surface area contributed by atoms with E-state index < -0.39 is 0 Å². The van der Waals surface area contributed by atoms with Crippen LogP contribution in [-0.4, -0.2) is 17.5 Å². The van der Waals surface area contributed by atoms with E-state index in [1.807, 2.05) is 6.92 Å². The number of halogens is 1. The molecule has 2 aromatic rings. The van der Waals surface area contributed by atoms with Crippen LogP contribution in [0.5, 0.6) is 5.75 Å². The van der Waals surface area contributed by atoms with Crippen molar-refractivity contribution < 1.29 is 9.53 Å². The Hall–Kier alpha value is -2.27. The number of hydrogen-bond donors (Lipinski definition) is 2. The lowest BCUT2D eigenvalue weighted by atomic mass is 10.1. The van der Waals surface area contributed by atoms with Gasteiger partial charge in [0.2, 0.25) is 0 Å². The Bertz CT molecular complexity index is 647. The molecule has 0 aliphatic carbocycles. The van der Waals surface area contributed by atoms with Crippen LogP contribution in [0.15, 0.2) is 36.4 Å². The van der Waals surface area contributed by atoms with E-state index in [1.54, 1.807) is 36.4 Å². The van der Waals surface area contributed by atoms with Crippen LogP contribution in [0.1, 0.15) is 23.7 Å². The van der Waals surface area contributed by atoms with Crippen LogP contribution in [-0.2, 0) is 0 Å². The van der Waals surface area contributed by atoms with Crippen molar-refractivity contribution in [1.29, 1.82) is 0 Å². The summed E-state index contributed by atoms with van der Waals surface area (Å²) in [6, 6.07) is 9.92. The first-order chi connectivity index (χ1) is 10.1. The molecule has 1 aromatic carbocycles. The van der Waals surface area contributed by atoms with Gasteiger partial charge in [-0.25, -0.2) is 4.98 Å². The first kappa shape index (κ1) is 15.1. The highest BCUT2D eigenvalue weighted by Crippen LogP contribution is 2.23. The number of carbonyl (C=O) groups excluding carboxylic acids is 1. The van der Waals surface area contributed by atoms with Crippen molar-refractivity contribution in [2.45, 2.75) is 13.3 Å². The van der Waals surface area contributed by atoms with Gasteiger partial charge < -0.3 is 15.8 Å². The third-order valence-corrected chi connectivity index (χ3v) is 2.90. The highest BCUT2D eigenvalue weighted by Gasteiger charge is 2.10. The Kier molecular flexibility index (Phi) is 5.00. The van der Waals surface area contributed by atoms with Crippen LogP contribution in [0, 0.1) is 0 Å². The molecule has 0 spiro atoms. The van der Waals surface area contributed by atoms with Crippen molar-refractivity contribution in [3.05, 3.63) is 47.1 Å². The van der Waals surface area contributed by atoms with E-state index in [0.29, 0.717) is 34.6 Å². The van der Waals surface area contributed by atoms with Crippen LogP contribution < -0.4 is 15.8 Å². The molecule has 1 heterocycles. The smallest absolute Gasteiger partial charge is 0.256 e. The summed E-state index contributed by atoms with van der Waals surface area (Å²) < 4.78 is 5.47. The summed E-state index contributed by atoms with van der Waals surface area (Å²) in [5.41, 5.74) is 6.73. The summed E-state index contributed by atoms with van der Waals surface area (Å²) in [6.45, 7) is 2.60. The van der Waals surface area contributed by atoms with E-state index in [9.17, 15) is 4.79 Å². The Labute approximate surface area is 128 Å². The number of ether oxygens (including phenoxy) is 1. The van der Waals surface area contributed by atoms with E-state index in [-0.39, 0.29) is 5.91 Å². The Morgan fingerprint density at radius 1 is 1.38 bits per heavy atom. The molecular formula is C15H16ClN3O2. The summed E-state index contributed by atoms with van der Waals surface area (Å²) >= 11 is 5.77. The molecule has 110 valence electrons. The van der Waals surface area contributed by atoms with Gasteiger partial charge in [-0.3, -0.25) is 4.79 Å². The minimum absolute atomic E-state index is 0.307. The van der Waals surface area contributed by atoms with Crippen molar-refractivity contribution >= 4 is 29.0 Å². The van der Waals surface area contributed by atoms with E-state index in [1.165, 1.54) is 0 Å². The Morgan fingerprint density at radius 2 is 2.19 bits per heavy atom. The third kappa shape index (κ3) is 4.10. The lowest BCUT2D eigenvalue weighted by Crippen LogP contribution is -2.13. The SMILES string of the molecule is CCCOc1ccc(C(=O)Nc2cccc(Cl)n2)cc1N. The predicted molar refractivity (Wildman–Crippen MR) is 83.8 cm³/mol. The van der Waals surface area contributed by atoms with Gasteiger partial charge in [0, 0.05) is 5.56 Å². The number of anilines is 2. The number of nitrogens with zero attached hydrogens (tertiary/aromatic N) is 1. The van der Waals surface area contributed by atoms with Crippen LogP contribution in [0.3, 0.4) is 0 Å². The van der Waals surface area contributed by atoms with Crippen molar-refractivity contribution in [1.82, 2.24) is 4.98 Å². The average Bonchev–Trinajstić information content (AvgIpc) is 2.46. The van der Waals surface area contributed by atoms with E-state index >= 15 is 0 Å². The Balaban J connectivity index is 2.11. The monoisotopic (exact) mass is 305 g/mol. The van der Waals surface area contributed by atoms with Crippen molar-refractivity contribution in [3.8, 4) is 5.75 Å². The molecule has 1 aromatic heterocycles. The zero-order chi connectivity index (χ0) is 15.2. The van der Waals surface area contributed by atoms with Gasteiger partial charge in [-0.1, -0.05) is 24.6 Å². The fourth-order valence-electron chi connectivity index (χ4n) is 1.70. The number of pyridine rings is 1. The number of nitrogens with one attached hydrogen (secondary N) is 1. The van der Waals surface area contributed by atoms with E-state index in [4.69, 9.17) is 22.1 Å². The van der Waals surface area contributed by atoms with Gasteiger partial charge in [0.1, 0.15) is 16.7 Å². The molecule has 0 aliphatic rings. The molecule has 0 fully saturated rings. The molecule has 0 bridgehead atoms. The number of hydrogen-bond acceptors (Lipinski definition) is 4. The predicted octanol–water partition coefficient (Wildman–Crippen LogP) is 3.36. The second-order valence-corrected chi connectivity index (χ2v) is 4.79. The van der Waals surface area contributed by atoms with Crippen LogP contribution in [0.4, 0.5) is 11.5 Å². The molecular weight excluding hydrogens is 290 g/mol. The number of nitrogens with two attached hydrogens (primary N) is 1. The number of rotatable bonds is 5. The van der Waals surface area contributed by atoms with Crippen LogP contribution in [0.25, 0.3) is 0 Å². The summed E-state index contributed by atoms with van der Waals surface area (Å²) in [4.78, 5) is 16.1. The maximum absolute atomic E-state index is 12.1. The number of nitrogen functional groups attached to an aromatic ring is 1. The second-order valence-electron chi connectivity index (χ2n) is 4.40.